The number of amides is 2. The van der Waals surface area contributed by atoms with Gasteiger partial charge in [0.2, 0.25) is 0 Å². The number of hydrogen-bond acceptors (Lipinski definition) is 4. The van der Waals surface area contributed by atoms with Gasteiger partial charge in [-0.05, 0) is 36.6 Å². The molecule has 1 aromatic heterocycles. The summed E-state index contributed by atoms with van der Waals surface area (Å²) in [6.45, 7) is 0.369. The Morgan fingerprint density at radius 1 is 1.14 bits per heavy atom. The molecule has 2 N–H and O–H groups in total. The van der Waals surface area contributed by atoms with E-state index in [1.54, 1.807) is 24.0 Å². The van der Waals surface area contributed by atoms with E-state index in [0.717, 1.165) is 10.6 Å². The lowest BCUT2D eigenvalue weighted by Gasteiger charge is -2.07. The van der Waals surface area contributed by atoms with Gasteiger partial charge in [0.1, 0.15) is 0 Å². The first kappa shape index (κ1) is 16.0. The lowest BCUT2D eigenvalue weighted by atomic mass is 10.2. The molecular weight excluding hydrogens is 298 g/mol. The highest BCUT2D eigenvalue weighted by molar-refractivity contribution is 7.98. The summed E-state index contributed by atoms with van der Waals surface area (Å²) >= 11 is 1.57. The highest BCUT2D eigenvalue weighted by Gasteiger charge is 2.13. The van der Waals surface area contributed by atoms with E-state index >= 15 is 0 Å². The average Bonchev–Trinajstić information content (AvgIpc) is 2.56. The number of nitrogens with one attached hydrogen (secondary N) is 2. The third kappa shape index (κ3) is 4.89. The predicted octanol–water partition coefficient (Wildman–Crippen LogP) is 2.10. The van der Waals surface area contributed by atoms with Gasteiger partial charge in [0.15, 0.2) is 0 Å². The quantitative estimate of drug-likeness (QED) is 0.655. The molecule has 6 heteroatoms. The maximum absolute atomic E-state index is 11.8. The molecule has 0 aliphatic heterocycles. The van der Waals surface area contributed by atoms with Crippen molar-refractivity contribution in [3.05, 3.63) is 54.4 Å². The molecule has 0 atom stereocenters. The highest BCUT2D eigenvalue weighted by Crippen LogP contribution is 2.18. The second-order valence-corrected chi connectivity index (χ2v) is 5.39. The Kier molecular flexibility index (Phi) is 5.97. The van der Waals surface area contributed by atoms with Crippen molar-refractivity contribution in [1.29, 1.82) is 0 Å². The molecule has 0 spiro atoms. The van der Waals surface area contributed by atoms with Gasteiger partial charge in [-0.2, -0.15) is 0 Å². The molecule has 2 aromatic rings. The molecule has 1 heterocycles. The Morgan fingerprint density at radius 3 is 2.73 bits per heavy atom. The molecule has 114 valence electrons. The van der Waals surface area contributed by atoms with Crippen molar-refractivity contribution in [1.82, 2.24) is 10.3 Å². The van der Waals surface area contributed by atoms with E-state index in [9.17, 15) is 9.59 Å². The van der Waals surface area contributed by atoms with E-state index in [-0.39, 0.29) is 0 Å². The minimum atomic E-state index is -0.667. The normalized spacial score (nSPS) is 10.0. The van der Waals surface area contributed by atoms with E-state index < -0.39 is 11.8 Å². The number of anilines is 1. The summed E-state index contributed by atoms with van der Waals surface area (Å²) in [4.78, 5) is 28.7. The Labute approximate surface area is 133 Å². The van der Waals surface area contributed by atoms with Crippen LogP contribution in [-0.4, -0.2) is 29.6 Å². The SMILES string of the molecule is CSc1cccc(NC(=O)C(=O)NCCc2ccccn2)c1. The molecule has 0 fully saturated rings. The summed E-state index contributed by atoms with van der Waals surface area (Å²) < 4.78 is 0. The highest BCUT2D eigenvalue weighted by atomic mass is 32.2. The molecule has 0 saturated carbocycles. The molecule has 0 bridgehead atoms. The molecule has 2 amide bonds. The van der Waals surface area contributed by atoms with Crippen molar-refractivity contribution in [2.75, 3.05) is 18.1 Å². The average molecular weight is 315 g/mol. The van der Waals surface area contributed by atoms with Gasteiger partial charge in [0.05, 0.1) is 0 Å². The van der Waals surface area contributed by atoms with Crippen LogP contribution in [0.2, 0.25) is 0 Å². The van der Waals surface area contributed by atoms with Crippen molar-refractivity contribution in [3.63, 3.8) is 0 Å². The van der Waals surface area contributed by atoms with Crippen LogP contribution in [0, 0.1) is 0 Å². The van der Waals surface area contributed by atoms with Crippen LogP contribution in [-0.2, 0) is 16.0 Å². The fraction of sp³-hybridized carbons (Fsp3) is 0.188. The number of carbonyl (C=O) groups is 2. The lowest BCUT2D eigenvalue weighted by Crippen LogP contribution is -2.36. The number of thioether (sulfide) groups is 1. The second-order valence-electron chi connectivity index (χ2n) is 4.51. The summed E-state index contributed by atoms with van der Waals surface area (Å²) in [6.07, 6.45) is 4.23. The molecule has 0 unspecified atom stereocenters. The third-order valence-electron chi connectivity index (χ3n) is 2.93. The molecule has 0 aliphatic rings. The lowest BCUT2D eigenvalue weighted by molar-refractivity contribution is -0.136. The van der Waals surface area contributed by atoms with Gasteiger partial charge in [-0.3, -0.25) is 14.6 Å². The van der Waals surface area contributed by atoms with Crippen LogP contribution in [0.1, 0.15) is 5.69 Å². The standard InChI is InChI=1S/C16H17N3O2S/c1-22-14-7-4-6-13(11-14)19-16(21)15(20)18-10-8-12-5-2-3-9-17-12/h2-7,9,11H,8,10H2,1H3,(H,18,20)(H,19,21). The van der Waals surface area contributed by atoms with Gasteiger partial charge in [-0.25, -0.2) is 0 Å². The second kappa shape index (κ2) is 8.19. The van der Waals surface area contributed by atoms with Crippen LogP contribution >= 0.6 is 11.8 Å². The fourth-order valence-corrected chi connectivity index (χ4v) is 2.28. The number of hydrogen-bond donors (Lipinski definition) is 2. The first-order valence-corrected chi connectivity index (χ1v) is 8.04. The van der Waals surface area contributed by atoms with Crippen LogP contribution in [0.25, 0.3) is 0 Å². The van der Waals surface area contributed by atoms with E-state index in [1.807, 2.05) is 42.7 Å². The van der Waals surface area contributed by atoms with E-state index in [4.69, 9.17) is 0 Å². The fourth-order valence-electron chi connectivity index (χ4n) is 1.82. The number of rotatable bonds is 5. The minimum absolute atomic E-state index is 0.369. The zero-order chi connectivity index (χ0) is 15.8. The minimum Gasteiger partial charge on any atom is -0.347 e. The van der Waals surface area contributed by atoms with Gasteiger partial charge in [0.25, 0.3) is 0 Å². The van der Waals surface area contributed by atoms with Crippen molar-refractivity contribution in [2.24, 2.45) is 0 Å². The number of nitrogens with zero attached hydrogens (tertiary/aromatic N) is 1. The monoisotopic (exact) mass is 315 g/mol. The summed E-state index contributed by atoms with van der Waals surface area (Å²) in [5.41, 5.74) is 1.48. The summed E-state index contributed by atoms with van der Waals surface area (Å²) in [6, 6.07) is 12.9. The Bertz CT molecular complexity index is 647. The smallest absolute Gasteiger partial charge is 0.313 e. The molecule has 5 nitrogen and oxygen atoms in total. The summed E-state index contributed by atoms with van der Waals surface area (Å²) in [5, 5.41) is 5.17. The maximum Gasteiger partial charge on any atom is 0.313 e. The molecule has 2 rings (SSSR count). The molecular formula is C16H17N3O2S. The van der Waals surface area contributed by atoms with Gasteiger partial charge < -0.3 is 10.6 Å². The van der Waals surface area contributed by atoms with Gasteiger partial charge in [-0.15, -0.1) is 11.8 Å². The first-order valence-electron chi connectivity index (χ1n) is 6.82. The van der Waals surface area contributed by atoms with Crippen molar-refractivity contribution >= 4 is 29.3 Å². The Balaban J connectivity index is 1.80. The van der Waals surface area contributed by atoms with Gasteiger partial charge in [0, 0.05) is 35.4 Å². The predicted molar refractivity (Wildman–Crippen MR) is 87.8 cm³/mol. The first-order chi connectivity index (χ1) is 10.7. The zero-order valence-corrected chi connectivity index (χ0v) is 13.0. The molecule has 0 aliphatic carbocycles. The van der Waals surface area contributed by atoms with E-state index in [1.165, 1.54) is 0 Å². The maximum atomic E-state index is 11.8. The third-order valence-corrected chi connectivity index (χ3v) is 3.65. The molecule has 0 saturated heterocycles. The molecule has 22 heavy (non-hydrogen) atoms. The van der Waals surface area contributed by atoms with Crippen LogP contribution < -0.4 is 10.6 Å². The van der Waals surface area contributed by atoms with Crippen LogP contribution in [0.5, 0.6) is 0 Å². The van der Waals surface area contributed by atoms with Gasteiger partial charge in [-0.1, -0.05) is 12.1 Å². The number of aromatic nitrogens is 1. The number of pyridine rings is 1. The van der Waals surface area contributed by atoms with Crippen molar-refractivity contribution in [2.45, 2.75) is 11.3 Å². The van der Waals surface area contributed by atoms with Crippen molar-refractivity contribution < 1.29 is 9.59 Å². The largest absolute Gasteiger partial charge is 0.347 e. The Hall–Kier alpha value is -2.34. The van der Waals surface area contributed by atoms with E-state index in [0.29, 0.717) is 18.7 Å². The number of benzene rings is 1. The van der Waals surface area contributed by atoms with Gasteiger partial charge >= 0.3 is 11.8 Å². The molecule has 0 radical (unpaired) electrons. The Morgan fingerprint density at radius 2 is 2.00 bits per heavy atom. The van der Waals surface area contributed by atoms with E-state index in [2.05, 4.69) is 15.6 Å². The summed E-state index contributed by atoms with van der Waals surface area (Å²) in [7, 11) is 0. The zero-order valence-electron chi connectivity index (χ0n) is 12.2. The van der Waals surface area contributed by atoms with Crippen LogP contribution in [0.3, 0.4) is 0 Å². The number of carbonyl (C=O) groups excluding carboxylic acids is 2. The van der Waals surface area contributed by atoms with Crippen LogP contribution in [0.15, 0.2) is 53.6 Å². The molecule has 1 aromatic carbocycles. The summed E-state index contributed by atoms with van der Waals surface area (Å²) in [5.74, 6) is -1.32. The van der Waals surface area contributed by atoms with Crippen molar-refractivity contribution in [3.8, 4) is 0 Å². The van der Waals surface area contributed by atoms with Crippen LogP contribution in [0.4, 0.5) is 5.69 Å². The topological polar surface area (TPSA) is 71.1 Å².